The van der Waals surface area contributed by atoms with E-state index in [1.54, 1.807) is 0 Å². The van der Waals surface area contributed by atoms with Crippen molar-refractivity contribution in [2.75, 3.05) is 26.4 Å². The molecule has 2 heterocycles. The van der Waals surface area contributed by atoms with Gasteiger partial charge in [0, 0.05) is 0 Å². The average Bonchev–Trinajstić information content (AvgIpc) is 2.84. The van der Waals surface area contributed by atoms with E-state index >= 15 is 0 Å². The summed E-state index contributed by atoms with van der Waals surface area (Å²) in [6.45, 7) is -3.52. The summed E-state index contributed by atoms with van der Waals surface area (Å²) in [6.07, 6.45) is -24.7. The molecule has 0 aromatic rings. The minimum Gasteiger partial charge on any atom is -0.394 e. The lowest BCUT2D eigenvalue weighted by Crippen LogP contribution is -2.65. The molecular weight excluding hydrogens is 472 g/mol. The molecular formula is C18H34O16. The van der Waals surface area contributed by atoms with Gasteiger partial charge in [-0.1, -0.05) is 0 Å². The third kappa shape index (κ3) is 6.37. The molecule has 10 unspecified atom stereocenters. The van der Waals surface area contributed by atoms with Crippen LogP contribution in [0.1, 0.15) is 0 Å². The Morgan fingerprint density at radius 1 is 0.618 bits per heavy atom. The summed E-state index contributed by atoms with van der Waals surface area (Å²) in [5.41, 5.74) is 0. The lowest BCUT2D eigenvalue weighted by molar-refractivity contribution is -0.367. The Hall–Kier alpha value is -0.640. The number of hydrogen-bond acceptors (Lipinski definition) is 16. The fraction of sp³-hybridized carbons (Fsp3) is 1.00. The summed E-state index contributed by atoms with van der Waals surface area (Å²) in [5.74, 6) is 0. The average molecular weight is 506 g/mol. The van der Waals surface area contributed by atoms with E-state index in [4.69, 9.17) is 24.1 Å². The Kier molecular flexibility index (Phi) is 11.4. The molecule has 0 amide bonds. The van der Waals surface area contributed by atoms with Crippen molar-refractivity contribution >= 4 is 0 Å². The highest BCUT2D eigenvalue weighted by Crippen LogP contribution is 2.30. The van der Waals surface area contributed by atoms with Gasteiger partial charge in [0.25, 0.3) is 0 Å². The van der Waals surface area contributed by atoms with E-state index in [1.165, 1.54) is 0 Å². The van der Waals surface area contributed by atoms with Crippen molar-refractivity contribution < 1.29 is 80.2 Å². The highest BCUT2D eigenvalue weighted by atomic mass is 16.7. The summed E-state index contributed by atoms with van der Waals surface area (Å²) >= 11 is 0. The number of aliphatic hydroxyl groups excluding tert-OH is 12. The predicted molar refractivity (Wildman–Crippen MR) is 103 cm³/mol. The van der Waals surface area contributed by atoms with Gasteiger partial charge in [-0.05, 0) is 0 Å². The normalized spacial score (nSPS) is 42.7. The molecule has 202 valence electrons. The molecule has 0 aliphatic carbocycles. The van der Waals surface area contributed by atoms with Crippen molar-refractivity contribution in [2.45, 2.75) is 85.8 Å². The molecule has 2 aliphatic heterocycles. The third-order valence-corrected chi connectivity index (χ3v) is 5.74. The van der Waals surface area contributed by atoms with E-state index in [9.17, 15) is 56.2 Å². The summed E-state index contributed by atoms with van der Waals surface area (Å²) in [5, 5.41) is 118. The lowest BCUT2D eigenvalue weighted by Gasteiger charge is -2.46. The van der Waals surface area contributed by atoms with Gasteiger partial charge in [0.15, 0.2) is 12.6 Å². The Morgan fingerprint density at radius 2 is 1.15 bits per heavy atom. The predicted octanol–water partition coefficient (Wildman–Crippen LogP) is -7.94. The highest BCUT2D eigenvalue weighted by molar-refractivity contribution is 4.95. The Morgan fingerprint density at radius 3 is 1.68 bits per heavy atom. The fourth-order valence-corrected chi connectivity index (χ4v) is 3.65. The van der Waals surface area contributed by atoms with Crippen LogP contribution in [0.3, 0.4) is 0 Å². The van der Waals surface area contributed by atoms with Crippen molar-refractivity contribution in [3.8, 4) is 0 Å². The monoisotopic (exact) mass is 506 g/mol. The number of hydrogen-bond donors (Lipinski definition) is 12. The second-order valence-corrected chi connectivity index (χ2v) is 8.10. The molecule has 0 aromatic carbocycles. The van der Waals surface area contributed by atoms with Gasteiger partial charge in [-0.3, -0.25) is 0 Å². The zero-order valence-electron chi connectivity index (χ0n) is 17.9. The first-order valence-corrected chi connectivity index (χ1v) is 10.5. The molecule has 14 atom stereocenters. The molecule has 0 spiro atoms. The van der Waals surface area contributed by atoms with E-state index in [0.717, 1.165) is 0 Å². The van der Waals surface area contributed by atoms with Gasteiger partial charge in [-0.25, -0.2) is 0 Å². The fourth-order valence-electron chi connectivity index (χ4n) is 3.65. The smallest absolute Gasteiger partial charge is 0.187 e. The van der Waals surface area contributed by atoms with Crippen molar-refractivity contribution in [3.05, 3.63) is 0 Å². The van der Waals surface area contributed by atoms with Gasteiger partial charge >= 0.3 is 0 Å². The first-order chi connectivity index (χ1) is 16.0. The SMILES string of the molecule is OCC1OC(OC2C(CO)OC(O[C@H](C(O)CO)C(O)[C@H](O)CO)[C@@H](O)C2O)[C@@H](O)C(O)C1O. The molecule has 0 aromatic heterocycles. The molecule has 0 saturated carbocycles. The van der Waals surface area contributed by atoms with Crippen molar-refractivity contribution in [1.82, 2.24) is 0 Å². The van der Waals surface area contributed by atoms with E-state index < -0.39 is 112 Å². The number of aliphatic hydroxyl groups is 12. The highest BCUT2D eigenvalue weighted by Gasteiger charge is 2.51. The number of rotatable bonds is 11. The van der Waals surface area contributed by atoms with Gasteiger partial charge in [0.05, 0.1) is 26.4 Å². The Labute approximate surface area is 193 Å². The summed E-state index contributed by atoms with van der Waals surface area (Å²) in [4.78, 5) is 0. The van der Waals surface area contributed by atoms with Crippen LogP contribution in [0.15, 0.2) is 0 Å². The van der Waals surface area contributed by atoms with Gasteiger partial charge in [0.1, 0.15) is 73.2 Å². The van der Waals surface area contributed by atoms with Crippen LogP contribution in [0.4, 0.5) is 0 Å². The van der Waals surface area contributed by atoms with Gasteiger partial charge in [-0.2, -0.15) is 0 Å². The van der Waals surface area contributed by atoms with E-state index in [2.05, 4.69) is 0 Å². The second kappa shape index (κ2) is 13.1. The molecule has 12 N–H and O–H groups in total. The maximum Gasteiger partial charge on any atom is 0.187 e. The third-order valence-electron chi connectivity index (χ3n) is 5.74. The Balaban J connectivity index is 2.17. The van der Waals surface area contributed by atoms with Crippen LogP contribution in [0.2, 0.25) is 0 Å². The maximum absolute atomic E-state index is 10.6. The van der Waals surface area contributed by atoms with Gasteiger partial charge in [-0.15, -0.1) is 0 Å². The summed E-state index contributed by atoms with van der Waals surface area (Å²) in [7, 11) is 0. The molecule has 2 saturated heterocycles. The Bertz CT molecular complexity index is 594. The minimum atomic E-state index is -1.98. The van der Waals surface area contributed by atoms with Crippen LogP contribution in [0.25, 0.3) is 0 Å². The van der Waals surface area contributed by atoms with E-state index in [1.807, 2.05) is 0 Å². The molecule has 0 radical (unpaired) electrons. The zero-order chi connectivity index (χ0) is 25.7. The molecule has 2 rings (SSSR count). The summed E-state index contributed by atoms with van der Waals surface area (Å²) < 4.78 is 21.2. The van der Waals surface area contributed by atoms with Crippen LogP contribution < -0.4 is 0 Å². The quantitative estimate of drug-likeness (QED) is 0.124. The largest absolute Gasteiger partial charge is 0.394 e. The maximum atomic E-state index is 10.6. The van der Waals surface area contributed by atoms with E-state index in [-0.39, 0.29) is 0 Å². The molecule has 34 heavy (non-hydrogen) atoms. The topological polar surface area (TPSA) is 280 Å². The lowest BCUT2D eigenvalue weighted by atomic mass is 9.96. The van der Waals surface area contributed by atoms with Crippen LogP contribution in [-0.4, -0.2) is 174 Å². The molecule has 0 bridgehead atoms. The van der Waals surface area contributed by atoms with Gasteiger partial charge in [0.2, 0.25) is 0 Å². The van der Waals surface area contributed by atoms with Crippen LogP contribution in [0.5, 0.6) is 0 Å². The van der Waals surface area contributed by atoms with E-state index in [0.29, 0.717) is 0 Å². The van der Waals surface area contributed by atoms with Crippen LogP contribution in [-0.2, 0) is 18.9 Å². The first kappa shape index (κ1) is 29.6. The number of ether oxygens (including phenoxy) is 4. The van der Waals surface area contributed by atoms with Crippen LogP contribution in [0, 0.1) is 0 Å². The van der Waals surface area contributed by atoms with Crippen molar-refractivity contribution in [3.63, 3.8) is 0 Å². The molecule has 2 aliphatic rings. The standard InChI is InChI=1S/C18H34O16/c19-1-5(23)9(25)15(6(24)2-20)33-18-14(30)12(28)16(8(4-22)32-18)34-17-13(29)11(27)10(26)7(3-21)31-17/h5-30H,1-4H2/t5-,6?,7?,8?,9?,10?,11?,12?,13+,14+,15-,16?,17?,18?/m1/s1. The molecule has 16 nitrogen and oxygen atoms in total. The van der Waals surface area contributed by atoms with Gasteiger partial charge < -0.3 is 80.2 Å². The summed E-state index contributed by atoms with van der Waals surface area (Å²) in [6, 6.07) is 0. The molecule has 16 heteroatoms. The van der Waals surface area contributed by atoms with Crippen molar-refractivity contribution in [1.29, 1.82) is 0 Å². The van der Waals surface area contributed by atoms with Crippen LogP contribution >= 0.6 is 0 Å². The van der Waals surface area contributed by atoms with Crippen molar-refractivity contribution in [2.24, 2.45) is 0 Å². The first-order valence-electron chi connectivity index (χ1n) is 10.5. The minimum absolute atomic E-state index is 0.757. The zero-order valence-corrected chi connectivity index (χ0v) is 17.9. The molecule has 2 fully saturated rings. The second-order valence-electron chi connectivity index (χ2n) is 8.10.